The molecule has 0 fully saturated rings. The van der Waals surface area contributed by atoms with Crippen molar-refractivity contribution < 1.29 is 9.52 Å². The normalized spacial score (nSPS) is 11.0. The zero-order valence-electron chi connectivity index (χ0n) is 10.3. The van der Waals surface area contributed by atoms with Gasteiger partial charge in [0.15, 0.2) is 5.58 Å². The highest BCUT2D eigenvalue weighted by Crippen LogP contribution is 2.31. The van der Waals surface area contributed by atoms with Crippen LogP contribution in [0.25, 0.3) is 22.6 Å². The first kappa shape index (κ1) is 10.8. The molecule has 1 aromatic heterocycles. The summed E-state index contributed by atoms with van der Waals surface area (Å²) in [6, 6.07) is 11.3. The van der Waals surface area contributed by atoms with Crippen molar-refractivity contribution in [2.45, 2.75) is 13.8 Å². The van der Waals surface area contributed by atoms with Crippen LogP contribution >= 0.6 is 0 Å². The predicted octanol–water partition coefficient (Wildman–Crippen LogP) is 3.82. The fourth-order valence-corrected chi connectivity index (χ4v) is 1.97. The van der Waals surface area contributed by atoms with Gasteiger partial charge < -0.3 is 9.52 Å². The van der Waals surface area contributed by atoms with Gasteiger partial charge in [-0.1, -0.05) is 12.1 Å². The first-order chi connectivity index (χ1) is 8.63. The molecule has 3 heteroatoms. The number of phenols is 1. The quantitative estimate of drug-likeness (QED) is 0.702. The van der Waals surface area contributed by atoms with E-state index in [1.807, 2.05) is 44.2 Å². The molecule has 3 rings (SSSR count). The van der Waals surface area contributed by atoms with E-state index in [9.17, 15) is 5.11 Å². The molecular weight excluding hydrogens is 226 g/mol. The maximum Gasteiger partial charge on any atom is 0.231 e. The SMILES string of the molecule is Cc1ccc(-c2nc3ccc(C)cc3o2)c(O)c1. The Hall–Kier alpha value is -2.29. The molecule has 3 nitrogen and oxygen atoms in total. The summed E-state index contributed by atoms with van der Waals surface area (Å²) in [6.07, 6.45) is 0. The third kappa shape index (κ3) is 1.74. The van der Waals surface area contributed by atoms with E-state index >= 15 is 0 Å². The zero-order chi connectivity index (χ0) is 12.7. The first-order valence-electron chi connectivity index (χ1n) is 5.81. The average Bonchev–Trinajstić information content (AvgIpc) is 2.71. The summed E-state index contributed by atoms with van der Waals surface area (Å²) >= 11 is 0. The predicted molar refractivity (Wildman–Crippen MR) is 70.6 cm³/mol. The molecule has 0 atom stereocenters. The first-order valence-corrected chi connectivity index (χ1v) is 5.81. The van der Waals surface area contributed by atoms with Crippen LogP contribution in [0.1, 0.15) is 11.1 Å². The van der Waals surface area contributed by atoms with Crippen LogP contribution < -0.4 is 0 Å². The monoisotopic (exact) mass is 239 g/mol. The lowest BCUT2D eigenvalue weighted by molar-refractivity contribution is 0.473. The fourth-order valence-electron chi connectivity index (χ4n) is 1.97. The van der Waals surface area contributed by atoms with Crippen molar-refractivity contribution in [3.63, 3.8) is 0 Å². The second-order valence-corrected chi connectivity index (χ2v) is 4.51. The third-order valence-electron chi connectivity index (χ3n) is 2.93. The average molecular weight is 239 g/mol. The minimum absolute atomic E-state index is 0.193. The van der Waals surface area contributed by atoms with Crippen LogP contribution in [0.5, 0.6) is 5.75 Å². The molecule has 2 aromatic carbocycles. The molecule has 0 amide bonds. The highest BCUT2D eigenvalue weighted by atomic mass is 16.3. The number of benzene rings is 2. The minimum Gasteiger partial charge on any atom is -0.507 e. The Kier molecular flexibility index (Phi) is 2.33. The molecule has 1 heterocycles. The lowest BCUT2D eigenvalue weighted by atomic mass is 10.1. The van der Waals surface area contributed by atoms with Crippen LogP contribution in [0, 0.1) is 13.8 Å². The molecule has 0 unspecified atom stereocenters. The second kappa shape index (κ2) is 3.88. The smallest absolute Gasteiger partial charge is 0.231 e. The Morgan fingerprint density at radius 2 is 1.72 bits per heavy atom. The zero-order valence-corrected chi connectivity index (χ0v) is 10.3. The van der Waals surface area contributed by atoms with Gasteiger partial charge in [-0.25, -0.2) is 4.98 Å². The third-order valence-corrected chi connectivity index (χ3v) is 2.93. The van der Waals surface area contributed by atoms with Crippen LogP contribution in [-0.2, 0) is 0 Å². The summed E-state index contributed by atoms with van der Waals surface area (Å²) in [5, 5.41) is 9.92. The largest absolute Gasteiger partial charge is 0.507 e. The van der Waals surface area contributed by atoms with E-state index in [-0.39, 0.29) is 5.75 Å². The van der Waals surface area contributed by atoms with Crippen molar-refractivity contribution in [2.75, 3.05) is 0 Å². The molecule has 0 spiro atoms. The number of nitrogens with zero attached hydrogens (tertiary/aromatic N) is 1. The van der Waals surface area contributed by atoms with E-state index in [1.54, 1.807) is 6.07 Å². The van der Waals surface area contributed by atoms with Crippen molar-refractivity contribution in [3.05, 3.63) is 47.5 Å². The Labute approximate surface area is 105 Å². The van der Waals surface area contributed by atoms with Gasteiger partial charge in [-0.3, -0.25) is 0 Å². The lowest BCUT2D eigenvalue weighted by Crippen LogP contribution is -1.80. The van der Waals surface area contributed by atoms with Gasteiger partial charge in [-0.2, -0.15) is 0 Å². The summed E-state index contributed by atoms with van der Waals surface area (Å²) in [5.41, 5.74) is 4.29. The summed E-state index contributed by atoms with van der Waals surface area (Å²) in [4.78, 5) is 4.39. The van der Waals surface area contributed by atoms with E-state index in [0.717, 1.165) is 22.2 Å². The molecule has 18 heavy (non-hydrogen) atoms. The summed E-state index contributed by atoms with van der Waals surface area (Å²) in [5.74, 6) is 0.645. The number of oxazole rings is 1. The summed E-state index contributed by atoms with van der Waals surface area (Å²) < 4.78 is 5.68. The number of phenolic OH excluding ortho intramolecular Hbond substituents is 1. The summed E-state index contributed by atoms with van der Waals surface area (Å²) in [7, 11) is 0. The molecule has 0 aliphatic heterocycles. The van der Waals surface area contributed by atoms with E-state index in [2.05, 4.69) is 4.98 Å². The molecular formula is C15H13NO2. The number of hydrogen-bond donors (Lipinski definition) is 1. The van der Waals surface area contributed by atoms with Crippen LogP contribution in [0.2, 0.25) is 0 Å². The minimum atomic E-state index is 0.193. The van der Waals surface area contributed by atoms with Gasteiger partial charge in [-0.15, -0.1) is 0 Å². The van der Waals surface area contributed by atoms with Crippen LogP contribution in [0.15, 0.2) is 40.8 Å². The molecule has 0 aliphatic carbocycles. The molecule has 0 bridgehead atoms. The highest BCUT2D eigenvalue weighted by Gasteiger charge is 2.12. The number of hydrogen-bond acceptors (Lipinski definition) is 3. The van der Waals surface area contributed by atoms with Gasteiger partial charge in [-0.05, 0) is 49.2 Å². The van der Waals surface area contributed by atoms with Crippen LogP contribution in [-0.4, -0.2) is 10.1 Å². The molecule has 0 aliphatic rings. The van der Waals surface area contributed by atoms with E-state index in [4.69, 9.17) is 4.42 Å². The van der Waals surface area contributed by atoms with E-state index < -0.39 is 0 Å². The number of aryl methyl sites for hydroxylation is 2. The van der Waals surface area contributed by atoms with Crippen molar-refractivity contribution in [1.82, 2.24) is 4.98 Å². The van der Waals surface area contributed by atoms with Crippen molar-refractivity contribution in [3.8, 4) is 17.2 Å². The number of rotatable bonds is 1. The molecule has 0 saturated heterocycles. The molecule has 90 valence electrons. The number of aromatic nitrogens is 1. The maximum atomic E-state index is 9.92. The molecule has 1 N–H and O–H groups in total. The van der Waals surface area contributed by atoms with Gasteiger partial charge in [0.1, 0.15) is 11.3 Å². The Balaban J connectivity index is 2.19. The molecule has 0 radical (unpaired) electrons. The van der Waals surface area contributed by atoms with E-state index in [0.29, 0.717) is 11.5 Å². The Morgan fingerprint density at radius 1 is 1.00 bits per heavy atom. The Bertz CT molecular complexity index is 728. The van der Waals surface area contributed by atoms with Crippen LogP contribution in [0.4, 0.5) is 0 Å². The maximum absolute atomic E-state index is 9.92. The standard InChI is InChI=1S/C15H13NO2/c1-9-3-5-11(13(17)7-9)15-16-12-6-4-10(2)8-14(12)18-15/h3-8,17H,1-2H3. The van der Waals surface area contributed by atoms with Gasteiger partial charge in [0, 0.05) is 0 Å². The fraction of sp³-hybridized carbons (Fsp3) is 0.133. The van der Waals surface area contributed by atoms with E-state index in [1.165, 1.54) is 0 Å². The van der Waals surface area contributed by atoms with Crippen molar-refractivity contribution in [2.24, 2.45) is 0 Å². The van der Waals surface area contributed by atoms with Gasteiger partial charge in [0.05, 0.1) is 5.56 Å². The molecule has 0 saturated carbocycles. The van der Waals surface area contributed by atoms with Crippen molar-refractivity contribution in [1.29, 1.82) is 0 Å². The van der Waals surface area contributed by atoms with Gasteiger partial charge >= 0.3 is 0 Å². The topological polar surface area (TPSA) is 46.3 Å². The van der Waals surface area contributed by atoms with Gasteiger partial charge in [0.25, 0.3) is 0 Å². The Morgan fingerprint density at radius 3 is 2.50 bits per heavy atom. The number of fused-ring (bicyclic) bond motifs is 1. The number of aromatic hydroxyl groups is 1. The second-order valence-electron chi connectivity index (χ2n) is 4.51. The highest BCUT2D eigenvalue weighted by molar-refractivity contribution is 5.78. The lowest BCUT2D eigenvalue weighted by Gasteiger charge is -2.00. The van der Waals surface area contributed by atoms with Crippen LogP contribution in [0.3, 0.4) is 0 Å². The summed E-state index contributed by atoms with van der Waals surface area (Å²) in [6.45, 7) is 3.93. The van der Waals surface area contributed by atoms with Gasteiger partial charge in [0.2, 0.25) is 5.89 Å². The van der Waals surface area contributed by atoms with Crippen molar-refractivity contribution >= 4 is 11.1 Å². The molecule has 3 aromatic rings.